The van der Waals surface area contributed by atoms with Gasteiger partial charge < -0.3 is 14.6 Å². The lowest BCUT2D eigenvalue weighted by molar-refractivity contribution is 0.104. The van der Waals surface area contributed by atoms with E-state index in [1.807, 2.05) is 31.2 Å². The van der Waals surface area contributed by atoms with Crippen molar-refractivity contribution >= 4 is 11.9 Å². The third-order valence-corrected chi connectivity index (χ3v) is 3.88. The average Bonchev–Trinajstić information content (AvgIpc) is 2.86. The van der Waals surface area contributed by atoms with Crippen LogP contribution >= 0.6 is 0 Å². The summed E-state index contributed by atoms with van der Waals surface area (Å²) in [5.41, 5.74) is 2.80. The molecular weight excluding hydrogens is 292 g/mol. The zero-order valence-corrected chi connectivity index (χ0v) is 13.1. The molecular formula is C19H18O4. The predicted octanol–water partition coefficient (Wildman–Crippen LogP) is 3.62. The van der Waals surface area contributed by atoms with E-state index in [0.717, 1.165) is 5.56 Å². The highest BCUT2D eigenvalue weighted by molar-refractivity contribution is 6.16. The summed E-state index contributed by atoms with van der Waals surface area (Å²) in [5.74, 6) is 1.44. The van der Waals surface area contributed by atoms with Crippen LogP contribution in [0, 0.1) is 0 Å². The number of phenolic OH excluding ortho intramolecular Hbond substituents is 1. The molecule has 0 aromatic heterocycles. The van der Waals surface area contributed by atoms with Crippen molar-refractivity contribution in [2.45, 2.75) is 13.3 Å². The summed E-state index contributed by atoms with van der Waals surface area (Å²) in [6.07, 6.45) is 2.28. The van der Waals surface area contributed by atoms with Crippen LogP contribution in [0.1, 0.15) is 28.4 Å². The molecule has 0 saturated carbocycles. The summed E-state index contributed by atoms with van der Waals surface area (Å²) >= 11 is 0. The van der Waals surface area contributed by atoms with Crippen LogP contribution in [0.25, 0.3) is 6.08 Å². The van der Waals surface area contributed by atoms with E-state index < -0.39 is 0 Å². The number of rotatable bonds is 4. The second-order valence-electron chi connectivity index (χ2n) is 5.32. The second kappa shape index (κ2) is 6.16. The highest BCUT2D eigenvalue weighted by atomic mass is 16.5. The first-order chi connectivity index (χ1) is 11.1. The van der Waals surface area contributed by atoms with Crippen LogP contribution < -0.4 is 9.47 Å². The second-order valence-corrected chi connectivity index (χ2v) is 5.32. The number of carbonyl (C=O) groups is 1. The summed E-state index contributed by atoms with van der Waals surface area (Å²) in [4.78, 5) is 12.5. The first-order valence-corrected chi connectivity index (χ1v) is 7.51. The Morgan fingerprint density at radius 1 is 1.22 bits per heavy atom. The topological polar surface area (TPSA) is 55.8 Å². The molecule has 0 saturated heterocycles. The smallest absolute Gasteiger partial charge is 0.189 e. The number of methoxy groups -OCH3 is 1. The third kappa shape index (κ3) is 2.80. The minimum atomic E-state index is -0.0373. The lowest BCUT2D eigenvalue weighted by Crippen LogP contribution is -1.97. The van der Waals surface area contributed by atoms with E-state index in [9.17, 15) is 9.90 Å². The molecule has 0 amide bonds. The van der Waals surface area contributed by atoms with Crippen molar-refractivity contribution < 1.29 is 19.4 Å². The number of allylic oxidation sites excluding steroid dienone is 1. The molecule has 0 bridgehead atoms. The number of ether oxygens (including phenoxy) is 2. The van der Waals surface area contributed by atoms with Gasteiger partial charge in [-0.15, -0.1) is 0 Å². The Morgan fingerprint density at radius 2 is 2.04 bits per heavy atom. The van der Waals surface area contributed by atoms with Crippen LogP contribution in [-0.2, 0) is 6.42 Å². The Labute approximate surface area is 135 Å². The van der Waals surface area contributed by atoms with Crippen LogP contribution in [0.4, 0.5) is 0 Å². The monoisotopic (exact) mass is 310 g/mol. The molecule has 3 rings (SSSR count). The maximum Gasteiger partial charge on any atom is 0.189 e. The minimum absolute atomic E-state index is 0.0373. The van der Waals surface area contributed by atoms with Gasteiger partial charge in [0.05, 0.1) is 13.7 Å². The Morgan fingerprint density at radius 3 is 2.74 bits per heavy atom. The molecule has 4 nitrogen and oxygen atoms in total. The van der Waals surface area contributed by atoms with E-state index >= 15 is 0 Å². The van der Waals surface area contributed by atoms with Crippen LogP contribution in [0.2, 0.25) is 0 Å². The number of benzene rings is 2. The number of carbonyl (C=O) groups excluding carboxylic acids is 1. The van der Waals surface area contributed by atoms with Crippen molar-refractivity contribution in [3.63, 3.8) is 0 Å². The largest absolute Gasteiger partial charge is 0.508 e. The summed E-state index contributed by atoms with van der Waals surface area (Å²) in [7, 11) is 1.59. The van der Waals surface area contributed by atoms with E-state index in [2.05, 4.69) is 0 Å². The maximum absolute atomic E-state index is 12.5. The quantitative estimate of drug-likeness (QED) is 0.876. The number of ketones is 1. The molecule has 0 unspecified atom stereocenters. The SMILES string of the molecule is CCOc1cc(/C=C2\Cc3c(O)cccc3C2=O)ccc1OC. The van der Waals surface area contributed by atoms with Crippen molar-refractivity contribution in [3.8, 4) is 17.2 Å². The molecule has 1 aliphatic rings. The number of hydrogen-bond donors (Lipinski definition) is 1. The van der Waals surface area contributed by atoms with E-state index in [-0.39, 0.29) is 11.5 Å². The normalized spacial score (nSPS) is 14.9. The van der Waals surface area contributed by atoms with Gasteiger partial charge in [0, 0.05) is 23.1 Å². The van der Waals surface area contributed by atoms with E-state index in [1.165, 1.54) is 0 Å². The summed E-state index contributed by atoms with van der Waals surface area (Å²) in [5, 5.41) is 9.90. The molecule has 2 aromatic carbocycles. The predicted molar refractivity (Wildman–Crippen MR) is 88.3 cm³/mol. The van der Waals surface area contributed by atoms with Crippen molar-refractivity contribution in [1.82, 2.24) is 0 Å². The molecule has 4 heteroatoms. The zero-order chi connectivity index (χ0) is 16.4. The summed E-state index contributed by atoms with van der Waals surface area (Å²) in [6.45, 7) is 2.44. The number of hydrogen-bond acceptors (Lipinski definition) is 4. The van der Waals surface area contributed by atoms with Gasteiger partial charge in [0.25, 0.3) is 0 Å². The van der Waals surface area contributed by atoms with E-state index in [1.54, 1.807) is 25.3 Å². The molecule has 0 heterocycles. The van der Waals surface area contributed by atoms with Gasteiger partial charge in [0.15, 0.2) is 17.3 Å². The number of Topliss-reactive ketones (excluding diaryl/α,β-unsaturated/α-hetero) is 1. The highest BCUT2D eigenvalue weighted by Gasteiger charge is 2.26. The molecule has 118 valence electrons. The zero-order valence-electron chi connectivity index (χ0n) is 13.1. The number of aromatic hydroxyl groups is 1. The number of phenols is 1. The summed E-state index contributed by atoms with van der Waals surface area (Å²) in [6, 6.07) is 10.6. The van der Waals surface area contributed by atoms with E-state index in [4.69, 9.17) is 9.47 Å². The highest BCUT2D eigenvalue weighted by Crippen LogP contribution is 2.35. The van der Waals surface area contributed by atoms with Crippen LogP contribution in [0.3, 0.4) is 0 Å². The minimum Gasteiger partial charge on any atom is -0.508 e. The maximum atomic E-state index is 12.5. The third-order valence-electron chi connectivity index (χ3n) is 3.88. The Kier molecular flexibility index (Phi) is 4.06. The van der Waals surface area contributed by atoms with Gasteiger partial charge in [-0.2, -0.15) is 0 Å². The van der Waals surface area contributed by atoms with Gasteiger partial charge in [0.1, 0.15) is 5.75 Å². The average molecular weight is 310 g/mol. The molecule has 2 aromatic rings. The van der Waals surface area contributed by atoms with Gasteiger partial charge in [-0.25, -0.2) is 0 Å². The van der Waals surface area contributed by atoms with E-state index in [0.29, 0.717) is 41.2 Å². The van der Waals surface area contributed by atoms with Crippen LogP contribution in [0.15, 0.2) is 42.0 Å². The molecule has 23 heavy (non-hydrogen) atoms. The van der Waals surface area contributed by atoms with Gasteiger partial charge in [-0.05, 0) is 36.8 Å². The van der Waals surface area contributed by atoms with Crippen LogP contribution in [0.5, 0.6) is 17.2 Å². The van der Waals surface area contributed by atoms with Crippen LogP contribution in [-0.4, -0.2) is 24.6 Å². The van der Waals surface area contributed by atoms with Gasteiger partial charge in [-0.1, -0.05) is 18.2 Å². The van der Waals surface area contributed by atoms with Crippen molar-refractivity contribution in [2.24, 2.45) is 0 Å². The van der Waals surface area contributed by atoms with Crippen molar-refractivity contribution in [3.05, 3.63) is 58.7 Å². The Bertz CT molecular complexity index is 790. The fourth-order valence-corrected chi connectivity index (χ4v) is 2.79. The molecule has 0 fully saturated rings. The molecule has 0 aliphatic heterocycles. The Balaban J connectivity index is 1.96. The lowest BCUT2D eigenvalue weighted by Gasteiger charge is -2.10. The van der Waals surface area contributed by atoms with Crippen molar-refractivity contribution in [2.75, 3.05) is 13.7 Å². The Hall–Kier alpha value is -2.75. The van der Waals surface area contributed by atoms with Gasteiger partial charge in [0.2, 0.25) is 0 Å². The number of fused-ring (bicyclic) bond motifs is 1. The first-order valence-electron chi connectivity index (χ1n) is 7.51. The first kappa shape index (κ1) is 15.2. The molecule has 1 aliphatic carbocycles. The molecule has 0 atom stereocenters. The summed E-state index contributed by atoms with van der Waals surface area (Å²) < 4.78 is 10.8. The standard InChI is InChI=1S/C19H18O4/c1-3-23-18-10-12(7-8-17(18)22-2)9-13-11-15-14(19(13)21)5-4-6-16(15)20/h4-10,20H,3,11H2,1-2H3/b13-9+. The molecule has 1 N–H and O–H groups in total. The molecule has 0 radical (unpaired) electrons. The fraction of sp³-hybridized carbons (Fsp3) is 0.211. The van der Waals surface area contributed by atoms with Gasteiger partial charge in [-0.3, -0.25) is 4.79 Å². The molecule has 0 spiro atoms. The van der Waals surface area contributed by atoms with Crippen molar-refractivity contribution in [1.29, 1.82) is 0 Å². The fourth-order valence-electron chi connectivity index (χ4n) is 2.79. The van der Waals surface area contributed by atoms with Gasteiger partial charge >= 0.3 is 0 Å². The lowest BCUT2D eigenvalue weighted by atomic mass is 10.1.